The van der Waals surface area contributed by atoms with E-state index in [1.807, 2.05) is 6.92 Å². The van der Waals surface area contributed by atoms with Crippen molar-refractivity contribution < 1.29 is 9.63 Å². The average Bonchev–Trinajstić information content (AvgIpc) is 1.98. The molecular formula is C9H20BNO2. The van der Waals surface area contributed by atoms with Crippen LogP contribution in [0.15, 0.2) is 0 Å². The molecule has 1 unspecified atom stereocenters. The van der Waals surface area contributed by atoms with E-state index in [-0.39, 0.29) is 17.1 Å². The molecule has 0 fully saturated rings. The summed E-state index contributed by atoms with van der Waals surface area (Å²) in [7, 11) is 5.27. The fourth-order valence-electron chi connectivity index (χ4n) is 1.41. The van der Waals surface area contributed by atoms with Crippen LogP contribution in [0.25, 0.3) is 0 Å². The molecule has 0 bridgehead atoms. The van der Waals surface area contributed by atoms with Crippen molar-refractivity contribution >= 4 is 13.8 Å². The topological polar surface area (TPSA) is 29.5 Å². The smallest absolute Gasteiger partial charge is 0.248 e. The summed E-state index contributed by atoms with van der Waals surface area (Å²) in [5.74, 6) is 0.0578. The zero-order valence-electron chi connectivity index (χ0n) is 9.55. The molecule has 0 spiro atoms. The molecule has 0 aliphatic rings. The molecule has 0 N–H and O–H groups in total. The number of carbonyl (C=O) groups is 1. The Hall–Kier alpha value is -0.505. The second-order valence-corrected chi connectivity index (χ2v) is 4.68. The Morgan fingerprint density at radius 2 is 2.08 bits per heavy atom. The molecule has 3 nitrogen and oxygen atoms in total. The first-order chi connectivity index (χ1) is 5.78. The Labute approximate surface area is 81.8 Å². The third-order valence-corrected chi connectivity index (χ3v) is 1.92. The molecule has 0 aromatic heterocycles. The van der Waals surface area contributed by atoms with E-state index in [9.17, 15) is 4.79 Å². The third kappa shape index (κ3) is 4.93. The third-order valence-electron chi connectivity index (χ3n) is 1.92. The van der Waals surface area contributed by atoms with Crippen LogP contribution in [0.2, 0.25) is 5.31 Å². The van der Waals surface area contributed by atoms with Gasteiger partial charge in [0.1, 0.15) is 7.85 Å². The number of amides is 1. The lowest BCUT2D eigenvalue weighted by molar-refractivity contribution is -0.173. The molecule has 1 atom stereocenters. The Morgan fingerprint density at radius 1 is 1.62 bits per heavy atom. The molecule has 0 radical (unpaired) electrons. The lowest BCUT2D eigenvalue weighted by Crippen LogP contribution is -2.32. The van der Waals surface area contributed by atoms with Crippen molar-refractivity contribution in [1.82, 2.24) is 5.06 Å². The number of nitrogens with zero attached hydrogens (tertiary/aromatic N) is 1. The number of hydrogen-bond acceptors (Lipinski definition) is 2. The van der Waals surface area contributed by atoms with Gasteiger partial charge in [0.15, 0.2) is 0 Å². The van der Waals surface area contributed by atoms with Crippen molar-refractivity contribution in [2.75, 3.05) is 14.2 Å². The largest absolute Gasteiger partial charge is 0.275 e. The molecular weight excluding hydrogens is 165 g/mol. The van der Waals surface area contributed by atoms with Crippen molar-refractivity contribution in [2.24, 2.45) is 5.92 Å². The molecule has 0 aromatic carbocycles. The molecule has 1 amide bonds. The van der Waals surface area contributed by atoms with Crippen LogP contribution in [0.1, 0.15) is 27.2 Å². The zero-order valence-corrected chi connectivity index (χ0v) is 9.55. The standard InChI is InChI=1S/C9H20BNO2/c1-7(6-9(2,3)10)8(12)11(4)13-5/h7H,6,10H2,1-5H3. The Bertz CT molecular complexity index is 177. The van der Waals surface area contributed by atoms with Gasteiger partial charge in [0, 0.05) is 13.0 Å². The van der Waals surface area contributed by atoms with Crippen LogP contribution >= 0.6 is 0 Å². The minimum absolute atomic E-state index is 0.0185. The van der Waals surface area contributed by atoms with E-state index in [4.69, 9.17) is 4.84 Å². The number of carbonyl (C=O) groups excluding carboxylic acids is 1. The summed E-state index contributed by atoms with van der Waals surface area (Å²) in [6, 6.07) is 0. The van der Waals surface area contributed by atoms with Crippen LogP contribution in [-0.4, -0.2) is 33.0 Å². The van der Waals surface area contributed by atoms with Gasteiger partial charge in [-0.3, -0.25) is 9.63 Å². The summed E-state index contributed by atoms with van der Waals surface area (Å²) in [5, 5.41) is 1.47. The molecule has 0 saturated heterocycles. The highest BCUT2D eigenvalue weighted by Crippen LogP contribution is 2.28. The van der Waals surface area contributed by atoms with Crippen molar-refractivity contribution in [3.8, 4) is 0 Å². The fourth-order valence-corrected chi connectivity index (χ4v) is 1.41. The fraction of sp³-hybridized carbons (Fsp3) is 0.889. The minimum Gasteiger partial charge on any atom is -0.275 e. The molecule has 0 heterocycles. The van der Waals surface area contributed by atoms with Gasteiger partial charge in [0.2, 0.25) is 5.91 Å². The summed E-state index contributed by atoms with van der Waals surface area (Å²) in [6.07, 6.45) is 0.875. The van der Waals surface area contributed by atoms with Crippen LogP contribution in [0, 0.1) is 5.92 Å². The Kier molecular flexibility index (Phi) is 4.47. The van der Waals surface area contributed by atoms with Crippen molar-refractivity contribution in [3.05, 3.63) is 0 Å². The summed E-state index contributed by atoms with van der Waals surface area (Å²) < 4.78 is 0. The van der Waals surface area contributed by atoms with Crippen molar-refractivity contribution in [3.63, 3.8) is 0 Å². The van der Waals surface area contributed by atoms with Gasteiger partial charge in [-0.25, -0.2) is 5.06 Å². The molecule has 4 heteroatoms. The van der Waals surface area contributed by atoms with E-state index in [1.54, 1.807) is 7.05 Å². The van der Waals surface area contributed by atoms with Gasteiger partial charge in [-0.15, -0.1) is 0 Å². The zero-order chi connectivity index (χ0) is 10.6. The van der Waals surface area contributed by atoms with E-state index < -0.39 is 0 Å². The van der Waals surface area contributed by atoms with Gasteiger partial charge in [0.25, 0.3) is 0 Å². The Morgan fingerprint density at radius 3 is 2.38 bits per heavy atom. The first-order valence-electron chi connectivity index (χ1n) is 4.59. The number of rotatable bonds is 4. The lowest BCUT2D eigenvalue weighted by Gasteiger charge is -2.25. The first kappa shape index (κ1) is 12.5. The van der Waals surface area contributed by atoms with Gasteiger partial charge in [-0.2, -0.15) is 0 Å². The summed E-state index contributed by atoms with van der Waals surface area (Å²) in [4.78, 5) is 16.4. The molecule has 0 aromatic rings. The van der Waals surface area contributed by atoms with Gasteiger partial charge < -0.3 is 0 Å². The van der Waals surface area contributed by atoms with Crippen LogP contribution in [0.4, 0.5) is 0 Å². The van der Waals surface area contributed by atoms with Crippen LogP contribution in [0.5, 0.6) is 0 Å². The van der Waals surface area contributed by atoms with E-state index in [0.717, 1.165) is 6.42 Å². The molecule has 13 heavy (non-hydrogen) atoms. The SMILES string of the molecule is BC(C)(C)CC(C)C(=O)N(C)OC. The molecule has 0 saturated carbocycles. The normalized spacial score (nSPS) is 13.9. The highest BCUT2D eigenvalue weighted by molar-refractivity contribution is 6.14. The van der Waals surface area contributed by atoms with Crippen LogP contribution in [0.3, 0.4) is 0 Å². The predicted molar refractivity (Wildman–Crippen MR) is 56.1 cm³/mol. The predicted octanol–water partition coefficient (Wildman–Crippen LogP) is 0.864. The molecule has 0 aliphatic heterocycles. The quantitative estimate of drug-likeness (QED) is 0.480. The van der Waals surface area contributed by atoms with Crippen LogP contribution in [-0.2, 0) is 9.63 Å². The monoisotopic (exact) mass is 185 g/mol. The maximum Gasteiger partial charge on any atom is 0.248 e. The summed E-state index contributed by atoms with van der Waals surface area (Å²) in [5.41, 5.74) is 0. The lowest BCUT2D eigenvalue weighted by atomic mass is 9.67. The minimum atomic E-state index is 0.0185. The van der Waals surface area contributed by atoms with Crippen molar-refractivity contribution in [2.45, 2.75) is 32.5 Å². The molecule has 0 rings (SSSR count). The average molecular weight is 185 g/mol. The van der Waals surface area contributed by atoms with E-state index in [0.29, 0.717) is 0 Å². The maximum atomic E-state index is 11.6. The molecule has 0 aliphatic carbocycles. The molecule has 76 valence electrons. The van der Waals surface area contributed by atoms with E-state index in [1.165, 1.54) is 12.2 Å². The summed E-state index contributed by atoms with van der Waals surface area (Å²) >= 11 is 0. The van der Waals surface area contributed by atoms with Crippen LogP contribution < -0.4 is 0 Å². The second kappa shape index (κ2) is 4.65. The van der Waals surface area contributed by atoms with Gasteiger partial charge in [-0.1, -0.05) is 26.1 Å². The van der Waals surface area contributed by atoms with Gasteiger partial charge >= 0.3 is 0 Å². The van der Waals surface area contributed by atoms with Gasteiger partial charge in [0.05, 0.1) is 7.11 Å². The summed E-state index contributed by atoms with van der Waals surface area (Å²) in [6.45, 7) is 6.19. The second-order valence-electron chi connectivity index (χ2n) is 4.68. The van der Waals surface area contributed by atoms with E-state index >= 15 is 0 Å². The number of hydrogen-bond donors (Lipinski definition) is 0. The highest BCUT2D eigenvalue weighted by atomic mass is 16.7. The van der Waals surface area contributed by atoms with Crippen molar-refractivity contribution in [1.29, 1.82) is 0 Å². The Balaban J connectivity index is 4.12. The maximum absolute atomic E-state index is 11.6. The van der Waals surface area contributed by atoms with Gasteiger partial charge in [-0.05, 0) is 6.42 Å². The highest BCUT2D eigenvalue weighted by Gasteiger charge is 2.23. The first-order valence-corrected chi connectivity index (χ1v) is 4.59. The van der Waals surface area contributed by atoms with E-state index in [2.05, 4.69) is 21.7 Å². The number of hydroxylamine groups is 2.